The lowest BCUT2D eigenvalue weighted by atomic mass is 9.86. The summed E-state index contributed by atoms with van der Waals surface area (Å²) in [5.41, 5.74) is 5.36. The van der Waals surface area contributed by atoms with Crippen molar-refractivity contribution in [3.63, 3.8) is 0 Å². The number of carbonyl (C=O) groups excluding carboxylic acids is 2. The molecule has 208 valence electrons. The quantitative estimate of drug-likeness (QED) is 0.283. The summed E-state index contributed by atoms with van der Waals surface area (Å²) in [6.45, 7) is 7.59. The lowest BCUT2D eigenvalue weighted by Crippen LogP contribution is -2.38. The van der Waals surface area contributed by atoms with Crippen LogP contribution in [0.25, 0.3) is 11.1 Å². The van der Waals surface area contributed by atoms with Crippen LogP contribution in [0.4, 0.5) is 0 Å². The molecule has 2 atom stereocenters. The molecule has 0 aliphatic carbocycles. The van der Waals surface area contributed by atoms with Gasteiger partial charge in [-0.1, -0.05) is 69.3 Å². The molecule has 1 fully saturated rings. The van der Waals surface area contributed by atoms with Crippen molar-refractivity contribution in [3.8, 4) is 22.9 Å². The molecule has 6 heteroatoms. The molecule has 0 aromatic heterocycles. The van der Waals surface area contributed by atoms with E-state index in [9.17, 15) is 9.59 Å². The highest BCUT2D eigenvalue weighted by molar-refractivity contribution is 5.86. The summed E-state index contributed by atoms with van der Waals surface area (Å²) in [5.74, 6) is -0.0264. The average molecular weight is 539 g/mol. The first-order valence-electron chi connectivity index (χ1n) is 13.9. The summed E-state index contributed by atoms with van der Waals surface area (Å²) in [5, 5.41) is 9.01. The van der Waals surface area contributed by atoms with Gasteiger partial charge in [0.1, 0.15) is 12.4 Å². The van der Waals surface area contributed by atoms with Gasteiger partial charge in [0.05, 0.1) is 37.1 Å². The van der Waals surface area contributed by atoms with Crippen LogP contribution in [-0.2, 0) is 26.2 Å². The van der Waals surface area contributed by atoms with E-state index in [0.717, 1.165) is 29.7 Å². The zero-order chi connectivity index (χ0) is 28.7. The van der Waals surface area contributed by atoms with E-state index in [1.54, 1.807) is 12.1 Å². The fourth-order valence-electron chi connectivity index (χ4n) is 5.18. The van der Waals surface area contributed by atoms with Gasteiger partial charge in [0.25, 0.3) is 0 Å². The van der Waals surface area contributed by atoms with Crippen molar-refractivity contribution in [3.05, 3.63) is 89.5 Å². The van der Waals surface area contributed by atoms with E-state index in [0.29, 0.717) is 25.1 Å². The Morgan fingerprint density at radius 3 is 2.17 bits per heavy atom. The Kier molecular flexibility index (Phi) is 9.26. The third-order valence-corrected chi connectivity index (χ3v) is 7.60. The van der Waals surface area contributed by atoms with E-state index in [-0.39, 0.29) is 35.7 Å². The fourth-order valence-corrected chi connectivity index (χ4v) is 5.18. The number of aryl methyl sites for hydroxylation is 1. The number of rotatable bonds is 10. The molecule has 1 saturated heterocycles. The monoisotopic (exact) mass is 538 g/mol. The van der Waals surface area contributed by atoms with E-state index < -0.39 is 0 Å². The topological polar surface area (TPSA) is 79.6 Å². The molecule has 0 unspecified atom stereocenters. The lowest BCUT2D eigenvalue weighted by Gasteiger charge is -2.25. The molecular weight excluding hydrogens is 500 g/mol. The summed E-state index contributed by atoms with van der Waals surface area (Å²) in [7, 11) is 1.35. The minimum atomic E-state index is -0.383. The second-order valence-corrected chi connectivity index (χ2v) is 11.5. The number of amides is 1. The number of ether oxygens (including phenoxy) is 2. The van der Waals surface area contributed by atoms with Crippen LogP contribution in [0.2, 0.25) is 0 Å². The second kappa shape index (κ2) is 12.8. The van der Waals surface area contributed by atoms with Crippen molar-refractivity contribution < 1.29 is 19.1 Å². The van der Waals surface area contributed by atoms with Gasteiger partial charge in [-0.3, -0.25) is 9.59 Å². The van der Waals surface area contributed by atoms with E-state index in [1.807, 2.05) is 41.3 Å². The van der Waals surface area contributed by atoms with Crippen molar-refractivity contribution >= 4 is 11.9 Å². The Morgan fingerprint density at radius 2 is 1.60 bits per heavy atom. The molecule has 40 heavy (non-hydrogen) atoms. The van der Waals surface area contributed by atoms with E-state index in [4.69, 9.17) is 14.7 Å². The number of esters is 1. The van der Waals surface area contributed by atoms with Gasteiger partial charge in [-0.05, 0) is 71.2 Å². The number of methoxy groups -OCH3 is 1. The van der Waals surface area contributed by atoms with Crippen LogP contribution in [0, 0.1) is 17.2 Å². The van der Waals surface area contributed by atoms with Crippen LogP contribution in [0.15, 0.2) is 72.8 Å². The fraction of sp³-hybridized carbons (Fsp3) is 0.382. The van der Waals surface area contributed by atoms with E-state index in [1.165, 1.54) is 18.2 Å². The van der Waals surface area contributed by atoms with E-state index in [2.05, 4.69) is 51.1 Å². The number of benzene rings is 3. The first-order chi connectivity index (χ1) is 19.2. The van der Waals surface area contributed by atoms with Crippen molar-refractivity contribution in [2.45, 2.75) is 57.9 Å². The van der Waals surface area contributed by atoms with Crippen LogP contribution in [0.3, 0.4) is 0 Å². The first kappa shape index (κ1) is 28.9. The Hall–Kier alpha value is -4.11. The van der Waals surface area contributed by atoms with Crippen LogP contribution in [-0.4, -0.2) is 43.1 Å². The summed E-state index contributed by atoms with van der Waals surface area (Å²) < 4.78 is 11.0. The number of likely N-dealkylation sites (tertiary alicyclic amines) is 1. The summed E-state index contributed by atoms with van der Waals surface area (Å²) in [6, 6.07) is 26.0. The van der Waals surface area contributed by atoms with Crippen molar-refractivity contribution in [1.82, 2.24) is 4.90 Å². The highest BCUT2D eigenvalue weighted by Crippen LogP contribution is 2.30. The summed E-state index contributed by atoms with van der Waals surface area (Å²) in [6.07, 6.45) is 2.37. The van der Waals surface area contributed by atoms with Gasteiger partial charge >= 0.3 is 5.97 Å². The molecule has 3 aromatic rings. The molecule has 0 spiro atoms. The van der Waals surface area contributed by atoms with Crippen molar-refractivity contribution in [2.24, 2.45) is 5.92 Å². The average Bonchev–Trinajstić information content (AvgIpc) is 3.25. The minimum Gasteiger partial charge on any atom is -0.491 e. The number of nitriles is 1. The van der Waals surface area contributed by atoms with Gasteiger partial charge in [0.2, 0.25) is 5.91 Å². The summed E-state index contributed by atoms with van der Waals surface area (Å²) >= 11 is 0. The largest absolute Gasteiger partial charge is 0.491 e. The Morgan fingerprint density at radius 1 is 0.975 bits per heavy atom. The van der Waals surface area contributed by atoms with Crippen LogP contribution < -0.4 is 4.74 Å². The third-order valence-electron chi connectivity index (χ3n) is 7.60. The summed E-state index contributed by atoms with van der Waals surface area (Å²) in [4.78, 5) is 27.1. The predicted octanol–water partition coefficient (Wildman–Crippen LogP) is 6.31. The maximum absolute atomic E-state index is 13.3. The maximum Gasteiger partial charge on any atom is 0.306 e. The number of carbonyl (C=O) groups is 2. The van der Waals surface area contributed by atoms with Crippen molar-refractivity contribution in [1.29, 1.82) is 5.26 Å². The molecule has 6 nitrogen and oxygen atoms in total. The Bertz CT molecular complexity index is 1330. The zero-order valence-electron chi connectivity index (χ0n) is 23.9. The molecule has 0 bridgehead atoms. The molecule has 1 amide bonds. The zero-order valence-corrected chi connectivity index (χ0v) is 23.9. The molecule has 0 radical (unpaired) electrons. The standard InChI is InChI=1S/C34H38N2O4/c1-34(2,3)29-15-9-24(10-16-29)6-5-19-36-30(20-28(33(36)38)21-32(37)39-4)23-40-31-17-13-27(14-18-31)26-11-7-25(22-35)8-12-26/h7-18,28,30H,5-6,19-21,23H2,1-4H3/t28-,30-/m0/s1. The highest BCUT2D eigenvalue weighted by atomic mass is 16.5. The highest BCUT2D eigenvalue weighted by Gasteiger charge is 2.40. The van der Waals surface area contributed by atoms with Gasteiger partial charge in [0, 0.05) is 6.54 Å². The van der Waals surface area contributed by atoms with Gasteiger partial charge in [-0.15, -0.1) is 0 Å². The number of nitrogens with zero attached hydrogens (tertiary/aromatic N) is 2. The minimum absolute atomic E-state index is 0.00163. The van der Waals surface area contributed by atoms with Gasteiger partial charge in [-0.2, -0.15) is 5.26 Å². The number of hydrogen-bond donors (Lipinski definition) is 0. The number of hydrogen-bond acceptors (Lipinski definition) is 5. The molecular formula is C34H38N2O4. The van der Waals surface area contributed by atoms with Crippen LogP contribution >= 0.6 is 0 Å². The third kappa shape index (κ3) is 7.30. The molecule has 0 saturated carbocycles. The smallest absolute Gasteiger partial charge is 0.306 e. The molecule has 1 heterocycles. The SMILES string of the molecule is COC(=O)C[C@@H]1C[C@@H](COc2ccc(-c3ccc(C#N)cc3)cc2)N(CCCc2ccc(C(C)(C)C)cc2)C1=O. The molecule has 1 aliphatic heterocycles. The lowest BCUT2D eigenvalue weighted by molar-refractivity contribution is -0.144. The molecule has 4 rings (SSSR count). The van der Waals surface area contributed by atoms with Gasteiger partial charge in [0.15, 0.2) is 0 Å². The molecule has 0 N–H and O–H groups in total. The first-order valence-corrected chi connectivity index (χ1v) is 13.9. The normalized spacial score (nSPS) is 17.0. The van der Waals surface area contributed by atoms with Crippen molar-refractivity contribution in [2.75, 3.05) is 20.3 Å². The van der Waals surface area contributed by atoms with Gasteiger partial charge in [-0.25, -0.2) is 0 Å². The Balaban J connectivity index is 1.38. The molecule has 1 aliphatic rings. The predicted molar refractivity (Wildman–Crippen MR) is 156 cm³/mol. The second-order valence-electron chi connectivity index (χ2n) is 11.5. The van der Waals surface area contributed by atoms with Crippen LogP contribution in [0.5, 0.6) is 5.75 Å². The van der Waals surface area contributed by atoms with E-state index >= 15 is 0 Å². The Labute approximate surface area is 237 Å². The molecule has 3 aromatic carbocycles. The van der Waals surface area contributed by atoms with Gasteiger partial charge < -0.3 is 14.4 Å². The maximum atomic E-state index is 13.3. The van der Waals surface area contributed by atoms with Crippen LogP contribution in [0.1, 0.15) is 56.7 Å².